The number of halogens is 1. The van der Waals surface area contributed by atoms with Crippen LogP contribution in [-0.2, 0) is 6.42 Å². The van der Waals surface area contributed by atoms with Crippen molar-refractivity contribution in [1.82, 2.24) is 0 Å². The smallest absolute Gasteiger partial charge is 0.123 e. The van der Waals surface area contributed by atoms with E-state index in [9.17, 15) is 4.39 Å². The monoisotopic (exact) mass is 267 g/mol. The van der Waals surface area contributed by atoms with Gasteiger partial charge in [0.2, 0.25) is 0 Å². The molecular formula is C18H18FN. The molecule has 1 heterocycles. The van der Waals surface area contributed by atoms with Gasteiger partial charge in [-0.05, 0) is 61.6 Å². The van der Waals surface area contributed by atoms with Gasteiger partial charge in [-0.3, -0.25) is 4.99 Å². The zero-order chi connectivity index (χ0) is 14.3. The molecule has 0 bridgehead atoms. The molecule has 3 rings (SSSR count). The fraction of sp³-hybridized carbons (Fsp3) is 0.278. The van der Waals surface area contributed by atoms with Crippen LogP contribution in [0.15, 0.2) is 47.5 Å². The molecule has 0 spiro atoms. The fourth-order valence-corrected chi connectivity index (χ4v) is 2.93. The third-order valence-corrected chi connectivity index (χ3v) is 3.77. The minimum atomic E-state index is -0.198. The molecule has 1 aliphatic rings. The molecular weight excluding hydrogens is 249 g/mol. The van der Waals surface area contributed by atoms with Gasteiger partial charge < -0.3 is 0 Å². The predicted molar refractivity (Wildman–Crippen MR) is 81.8 cm³/mol. The normalized spacial score (nSPS) is 16.5. The lowest BCUT2D eigenvalue weighted by Crippen LogP contribution is -2.27. The summed E-state index contributed by atoms with van der Waals surface area (Å²) in [5, 5.41) is 0. The van der Waals surface area contributed by atoms with Gasteiger partial charge >= 0.3 is 0 Å². The van der Waals surface area contributed by atoms with Crippen LogP contribution in [0.25, 0.3) is 11.1 Å². The maximum Gasteiger partial charge on any atom is 0.123 e. The zero-order valence-electron chi connectivity index (χ0n) is 12.1. The number of aliphatic imine (C=N–C) groups is 1. The van der Waals surface area contributed by atoms with Crippen LogP contribution in [0.2, 0.25) is 0 Å². The lowest BCUT2D eigenvalue weighted by molar-refractivity contribution is 0.513. The van der Waals surface area contributed by atoms with Gasteiger partial charge in [-0.15, -0.1) is 0 Å². The van der Waals surface area contributed by atoms with Crippen LogP contribution in [0.5, 0.6) is 0 Å². The second-order valence-corrected chi connectivity index (χ2v) is 6.07. The summed E-state index contributed by atoms with van der Waals surface area (Å²) in [4.78, 5) is 4.74. The molecule has 0 radical (unpaired) electrons. The Hall–Kier alpha value is -1.96. The molecule has 0 aliphatic carbocycles. The van der Waals surface area contributed by atoms with Crippen LogP contribution in [0.1, 0.15) is 31.9 Å². The van der Waals surface area contributed by atoms with E-state index in [4.69, 9.17) is 4.99 Å². The molecule has 0 amide bonds. The van der Waals surface area contributed by atoms with Crippen LogP contribution in [0.4, 0.5) is 4.39 Å². The molecule has 1 aliphatic heterocycles. The largest absolute Gasteiger partial charge is 0.283 e. The summed E-state index contributed by atoms with van der Waals surface area (Å²) in [6.45, 7) is 6.38. The Balaban J connectivity index is 2.06. The minimum Gasteiger partial charge on any atom is -0.283 e. The van der Waals surface area contributed by atoms with Crippen molar-refractivity contribution >= 4 is 5.71 Å². The van der Waals surface area contributed by atoms with E-state index in [1.165, 1.54) is 23.3 Å². The van der Waals surface area contributed by atoms with Gasteiger partial charge in [0.1, 0.15) is 5.82 Å². The Morgan fingerprint density at radius 2 is 1.65 bits per heavy atom. The van der Waals surface area contributed by atoms with Crippen molar-refractivity contribution in [1.29, 1.82) is 0 Å². The topological polar surface area (TPSA) is 12.4 Å². The lowest BCUT2D eigenvalue weighted by atomic mass is 9.85. The first-order valence-electron chi connectivity index (χ1n) is 6.90. The van der Waals surface area contributed by atoms with Crippen LogP contribution in [0.3, 0.4) is 0 Å². The zero-order valence-corrected chi connectivity index (χ0v) is 12.1. The van der Waals surface area contributed by atoms with Crippen molar-refractivity contribution in [2.75, 3.05) is 0 Å². The number of hydrogen-bond donors (Lipinski definition) is 0. The van der Waals surface area contributed by atoms with Crippen molar-refractivity contribution in [3.63, 3.8) is 0 Å². The first-order chi connectivity index (χ1) is 9.44. The Morgan fingerprint density at radius 1 is 1.00 bits per heavy atom. The van der Waals surface area contributed by atoms with E-state index in [0.29, 0.717) is 0 Å². The van der Waals surface area contributed by atoms with E-state index < -0.39 is 0 Å². The molecule has 0 saturated carbocycles. The molecule has 0 aromatic heterocycles. The van der Waals surface area contributed by atoms with Crippen molar-refractivity contribution < 1.29 is 4.39 Å². The maximum atomic E-state index is 13.0. The number of rotatable bonds is 1. The molecule has 20 heavy (non-hydrogen) atoms. The first-order valence-corrected chi connectivity index (χ1v) is 6.90. The van der Waals surface area contributed by atoms with Crippen LogP contribution >= 0.6 is 0 Å². The van der Waals surface area contributed by atoms with Gasteiger partial charge in [-0.25, -0.2) is 4.39 Å². The SMILES string of the molecule is CC1=NC(C)(C)Cc2cc(-c3ccc(F)cc3)ccc21. The second-order valence-electron chi connectivity index (χ2n) is 6.07. The molecule has 102 valence electrons. The third-order valence-electron chi connectivity index (χ3n) is 3.77. The van der Waals surface area contributed by atoms with E-state index in [0.717, 1.165) is 23.3 Å². The molecule has 2 heteroatoms. The molecule has 2 aromatic rings. The Bertz CT molecular complexity index is 681. The van der Waals surface area contributed by atoms with Crippen molar-refractivity contribution in [3.8, 4) is 11.1 Å². The summed E-state index contributed by atoms with van der Waals surface area (Å²) in [6, 6.07) is 13.1. The molecule has 0 atom stereocenters. The highest BCUT2D eigenvalue weighted by Crippen LogP contribution is 2.30. The molecule has 0 fully saturated rings. The lowest BCUT2D eigenvalue weighted by Gasteiger charge is -2.28. The number of nitrogens with zero attached hydrogens (tertiary/aromatic N) is 1. The van der Waals surface area contributed by atoms with Gasteiger partial charge in [-0.2, -0.15) is 0 Å². The van der Waals surface area contributed by atoms with Crippen molar-refractivity contribution in [2.24, 2.45) is 4.99 Å². The third kappa shape index (κ3) is 2.38. The van der Waals surface area contributed by atoms with E-state index in [2.05, 4.69) is 39.0 Å². The molecule has 1 nitrogen and oxygen atoms in total. The van der Waals surface area contributed by atoms with E-state index in [-0.39, 0.29) is 11.4 Å². The second kappa shape index (κ2) is 4.55. The van der Waals surface area contributed by atoms with Gasteiger partial charge in [0.25, 0.3) is 0 Å². The van der Waals surface area contributed by atoms with Crippen LogP contribution < -0.4 is 0 Å². The summed E-state index contributed by atoms with van der Waals surface area (Å²) in [7, 11) is 0. The highest BCUT2D eigenvalue weighted by molar-refractivity contribution is 6.01. The quantitative estimate of drug-likeness (QED) is 0.714. The molecule has 2 aromatic carbocycles. The minimum absolute atomic E-state index is 0.0432. The predicted octanol–water partition coefficient (Wildman–Crippen LogP) is 4.64. The van der Waals surface area contributed by atoms with E-state index in [1.807, 2.05) is 12.1 Å². The summed E-state index contributed by atoms with van der Waals surface area (Å²) in [5.41, 5.74) is 5.79. The highest BCUT2D eigenvalue weighted by Gasteiger charge is 2.25. The number of fused-ring (bicyclic) bond motifs is 1. The summed E-state index contributed by atoms with van der Waals surface area (Å²) in [5.74, 6) is -0.198. The first kappa shape index (κ1) is 13.0. The van der Waals surface area contributed by atoms with E-state index >= 15 is 0 Å². The van der Waals surface area contributed by atoms with E-state index in [1.54, 1.807) is 0 Å². The maximum absolute atomic E-state index is 13.0. The summed E-state index contributed by atoms with van der Waals surface area (Å²) in [6.07, 6.45) is 0.939. The van der Waals surface area contributed by atoms with Crippen molar-refractivity contribution in [3.05, 3.63) is 59.4 Å². The fourth-order valence-electron chi connectivity index (χ4n) is 2.93. The standard InChI is InChI=1S/C18H18FN/c1-12-17-9-6-14(13-4-7-16(19)8-5-13)10-15(17)11-18(2,3)20-12/h4-10H,11H2,1-3H3. The van der Waals surface area contributed by atoms with Crippen molar-refractivity contribution in [2.45, 2.75) is 32.7 Å². The van der Waals surface area contributed by atoms with Crippen LogP contribution in [0, 0.1) is 5.82 Å². The van der Waals surface area contributed by atoms with Gasteiger partial charge in [0.05, 0.1) is 5.54 Å². The van der Waals surface area contributed by atoms with Gasteiger partial charge in [-0.1, -0.05) is 30.3 Å². The molecule has 0 unspecified atom stereocenters. The molecule has 0 saturated heterocycles. The van der Waals surface area contributed by atoms with Gasteiger partial charge in [0, 0.05) is 5.71 Å². The van der Waals surface area contributed by atoms with Crippen LogP contribution in [-0.4, -0.2) is 11.3 Å². The summed E-state index contributed by atoms with van der Waals surface area (Å²) < 4.78 is 13.0. The number of hydrogen-bond acceptors (Lipinski definition) is 1. The Kier molecular flexibility index (Phi) is 2.97. The molecule has 0 N–H and O–H groups in total. The Morgan fingerprint density at radius 3 is 2.35 bits per heavy atom. The average Bonchev–Trinajstić information content (AvgIpc) is 2.37. The average molecular weight is 267 g/mol. The highest BCUT2D eigenvalue weighted by atomic mass is 19.1. The Labute approximate surface area is 119 Å². The van der Waals surface area contributed by atoms with Gasteiger partial charge in [0.15, 0.2) is 0 Å². The number of benzene rings is 2. The summed E-state index contributed by atoms with van der Waals surface area (Å²) >= 11 is 0.